The Bertz CT molecular complexity index is 699. The molecule has 23 heavy (non-hydrogen) atoms. The van der Waals surface area contributed by atoms with E-state index in [1.165, 1.54) is 11.6 Å². The summed E-state index contributed by atoms with van der Waals surface area (Å²) in [5, 5.41) is 5.91. The second-order valence-corrected chi connectivity index (χ2v) is 5.64. The summed E-state index contributed by atoms with van der Waals surface area (Å²) in [4.78, 5) is 0. The van der Waals surface area contributed by atoms with E-state index in [4.69, 9.17) is 23.8 Å². The number of hydrogen-bond acceptors (Lipinski definition) is 1. The van der Waals surface area contributed by atoms with Gasteiger partial charge in [-0.3, -0.25) is 0 Å². The maximum atomic E-state index is 12.7. The summed E-state index contributed by atoms with van der Waals surface area (Å²) in [5.74, 6) is 0. The fourth-order valence-corrected chi connectivity index (χ4v) is 2.30. The van der Waals surface area contributed by atoms with Crippen LogP contribution in [-0.2, 0) is 12.6 Å². The van der Waals surface area contributed by atoms with Crippen LogP contribution in [0.3, 0.4) is 0 Å². The quantitative estimate of drug-likeness (QED) is 0.685. The molecule has 2 nitrogen and oxygen atoms in total. The lowest BCUT2D eigenvalue weighted by Gasteiger charge is -2.14. The Hall–Kier alpha value is -1.79. The number of aryl methyl sites for hydroxylation is 1. The van der Waals surface area contributed by atoms with Crippen molar-refractivity contribution in [3.63, 3.8) is 0 Å². The van der Waals surface area contributed by atoms with Gasteiger partial charge in [0.15, 0.2) is 5.11 Å². The third kappa shape index (κ3) is 4.84. The first-order valence-corrected chi connectivity index (χ1v) is 7.62. The largest absolute Gasteiger partial charge is 0.416 e. The molecule has 2 N–H and O–H groups in total. The zero-order valence-corrected chi connectivity index (χ0v) is 13.7. The van der Waals surface area contributed by atoms with Crippen LogP contribution in [0.4, 0.5) is 24.5 Å². The zero-order valence-electron chi connectivity index (χ0n) is 12.2. The van der Waals surface area contributed by atoms with Crippen LogP contribution in [0.25, 0.3) is 0 Å². The highest BCUT2D eigenvalue weighted by atomic mass is 35.5. The molecule has 0 aliphatic heterocycles. The molecular formula is C16H14ClF3N2S. The maximum absolute atomic E-state index is 12.7. The maximum Gasteiger partial charge on any atom is 0.416 e. The molecule has 0 aliphatic carbocycles. The second-order valence-electron chi connectivity index (χ2n) is 4.82. The number of rotatable bonds is 3. The third-order valence-electron chi connectivity index (χ3n) is 3.16. The molecule has 122 valence electrons. The van der Waals surface area contributed by atoms with Crippen LogP contribution in [0.5, 0.6) is 0 Å². The molecule has 0 fully saturated rings. The first kappa shape index (κ1) is 17.6. The Labute approximate surface area is 142 Å². The van der Waals surface area contributed by atoms with E-state index < -0.39 is 11.7 Å². The molecule has 0 amide bonds. The third-order valence-corrected chi connectivity index (χ3v) is 3.70. The zero-order chi connectivity index (χ0) is 17.0. The van der Waals surface area contributed by atoms with E-state index >= 15 is 0 Å². The van der Waals surface area contributed by atoms with E-state index in [9.17, 15) is 13.2 Å². The van der Waals surface area contributed by atoms with Crippen molar-refractivity contribution >= 4 is 40.3 Å². The number of alkyl halides is 3. The van der Waals surface area contributed by atoms with Crippen LogP contribution >= 0.6 is 23.8 Å². The van der Waals surface area contributed by atoms with Gasteiger partial charge in [0.05, 0.1) is 16.3 Å². The standard InChI is InChI=1S/C16H14ClF3N2S/c1-2-10-3-6-12(7-4-10)21-15(23)22-14-9-11(16(18,19)20)5-8-13(14)17/h3-9H,2H2,1H3,(H2,21,22,23). The highest BCUT2D eigenvalue weighted by Gasteiger charge is 2.31. The number of benzene rings is 2. The van der Waals surface area contributed by atoms with E-state index in [1.807, 2.05) is 31.2 Å². The van der Waals surface area contributed by atoms with Crippen molar-refractivity contribution in [3.05, 3.63) is 58.6 Å². The minimum absolute atomic E-state index is 0.101. The SMILES string of the molecule is CCc1ccc(NC(=S)Nc2cc(C(F)(F)F)ccc2Cl)cc1. The average Bonchev–Trinajstić information content (AvgIpc) is 2.49. The topological polar surface area (TPSA) is 24.1 Å². The Morgan fingerprint density at radius 2 is 1.74 bits per heavy atom. The van der Waals surface area contributed by atoms with E-state index in [0.29, 0.717) is 0 Å². The first-order chi connectivity index (χ1) is 10.8. The molecular weight excluding hydrogens is 345 g/mol. The minimum atomic E-state index is -4.44. The van der Waals surface area contributed by atoms with Crippen molar-refractivity contribution in [3.8, 4) is 0 Å². The van der Waals surface area contributed by atoms with Crippen molar-refractivity contribution in [2.75, 3.05) is 10.6 Å². The summed E-state index contributed by atoms with van der Waals surface area (Å²) in [6.45, 7) is 2.05. The van der Waals surface area contributed by atoms with Gasteiger partial charge in [0, 0.05) is 5.69 Å². The molecule has 7 heteroatoms. The Kier molecular flexibility index (Phi) is 5.49. The molecule has 0 saturated carbocycles. The van der Waals surface area contributed by atoms with Crippen LogP contribution in [0.2, 0.25) is 5.02 Å². The molecule has 0 radical (unpaired) electrons. The van der Waals surface area contributed by atoms with E-state index in [0.717, 1.165) is 24.2 Å². The summed E-state index contributed by atoms with van der Waals surface area (Å²) in [6, 6.07) is 10.6. The van der Waals surface area contributed by atoms with Gasteiger partial charge in [-0.05, 0) is 54.5 Å². The van der Waals surface area contributed by atoms with Gasteiger partial charge >= 0.3 is 6.18 Å². The molecule has 0 atom stereocenters. The van der Waals surface area contributed by atoms with E-state index in [1.54, 1.807) is 0 Å². The van der Waals surface area contributed by atoms with Gasteiger partial charge in [-0.25, -0.2) is 0 Å². The van der Waals surface area contributed by atoms with Crippen LogP contribution in [-0.4, -0.2) is 5.11 Å². The Morgan fingerprint density at radius 3 is 2.30 bits per heavy atom. The normalized spacial score (nSPS) is 11.2. The number of anilines is 2. The van der Waals surface area contributed by atoms with Gasteiger partial charge in [0.2, 0.25) is 0 Å². The molecule has 0 aliphatic rings. The Morgan fingerprint density at radius 1 is 1.09 bits per heavy atom. The number of thiocarbonyl (C=S) groups is 1. The summed E-state index contributed by atoms with van der Waals surface area (Å²) < 4.78 is 38.2. The molecule has 0 unspecified atom stereocenters. The lowest BCUT2D eigenvalue weighted by atomic mass is 10.1. The minimum Gasteiger partial charge on any atom is -0.332 e. The first-order valence-electron chi connectivity index (χ1n) is 6.83. The van der Waals surface area contributed by atoms with Crippen molar-refractivity contribution < 1.29 is 13.2 Å². The summed E-state index contributed by atoms with van der Waals surface area (Å²) in [5.41, 5.74) is 1.22. The summed E-state index contributed by atoms with van der Waals surface area (Å²) >= 11 is 11.0. The van der Waals surface area contributed by atoms with Crippen LogP contribution < -0.4 is 10.6 Å². The average molecular weight is 359 g/mol. The van der Waals surface area contributed by atoms with Gasteiger partial charge < -0.3 is 10.6 Å². The fourth-order valence-electron chi connectivity index (χ4n) is 1.91. The second kappa shape index (κ2) is 7.19. The number of nitrogens with one attached hydrogen (secondary N) is 2. The molecule has 2 rings (SSSR count). The fraction of sp³-hybridized carbons (Fsp3) is 0.188. The van der Waals surface area contributed by atoms with Crippen molar-refractivity contribution in [2.24, 2.45) is 0 Å². The highest BCUT2D eigenvalue weighted by molar-refractivity contribution is 7.80. The van der Waals surface area contributed by atoms with E-state index in [-0.39, 0.29) is 15.8 Å². The smallest absolute Gasteiger partial charge is 0.332 e. The number of hydrogen-bond donors (Lipinski definition) is 2. The van der Waals surface area contributed by atoms with Crippen LogP contribution in [0.1, 0.15) is 18.1 Å². The van der Waals surface area contributed by atoms with Gasteiger partial charge in [-0.2, -0.15) is 13.2 Å². The predicted molar refractivity (Wildman–Crippen MR) is 92.1 cm³/mol. The Balaban J connectivity index is 2.10. The van der Waals surface area contributed by atoms with Gasteiger partial charge in [0.25, 0.3) is 0 Å². The lowest BCUT2D eigenvalue weighted by molar-refractivity contribution is -0.137. The molecule has 0 saturated heterocycles. The molecule has 0 bridgehead atoms. The van der Waals surface area contributed by atoms with Crippen LogP contribution in [0, 0.1) is 0 Å². The van der Waals surface area contributed by atoms with Crippen molar-refractivity contribution in [2.45, 2.75) is 19.5 Å². The molecule has 0 aromatic heterocycles. The van der Waals surface area contributed by atoms with E-state index in [2.05, 4.69) is 10.6 Å². The van der Waals surface area contributed by atoms with Gasteiger partial charge in [-0.1, -0.05) is 30.7 Å². The lowest BCUT2D eigenvalue weighted by Crippen LogP contribution is -2.19. The predicted octanol–water partition coefficient (Wildman–Crippen LogP) is 5.73. The van der Waals surface area contributed by atoms with Gasteiger partial charge in [-0.15, -0.1) is 0 Å². The summed E-state index contributed by atoms with van der Waals surface area (Å²) in [7, 11) is 0. The monoisotopic (exact) mass is 358 g/mol. The highest BCUT2D eigenvalue weighted by Crippen LogP contribution is 2.33. The van der Waals surface area contributed by atoms with Crippen molar-refractivity contribution in [1.29, 1.82) is 0 Å². The van der Waals surface area contributed by atoms with Crippen LogP contribution in [0.15, 0.2) is 42.5 Å². The van der Waals surface area contributed by atoms with Gasteiger partial charge in [0.1, 0.15) is 0 Å². The van der Waals surface area contributed by atoms with Crippen molar-refractivity contribution in [1.82, 2.24) is 0 Å². The molecule has 2 aromatic rings. The molecule has 0 heterocycles. The number of halogens is 4. The summed E-state index contributed by atoms with van der Waals surface area (Å²) in [6.07, 6.45) is -3.52. The molecule has 2 aromatic carbocycles. The molecule has 0 spiro atoms.